The molecule has 0 fully saturated rings. The van der Waals surface area contributed by atoms with Crippen LogP contribution in [0.5, 0.6) is 0 Å². The standard InChI is InChI=1S/C18H18N2O2/c1-19(13-8-4-3-5-9-13)18(22)15-12-17(21)20(2)16-11-7-6-10-14(15)16/h3-11,15H,12H2,1-2H3. The van der Waals surface area contributed by atoms with Gasteiger partial charge in [-0.3, -0.25) is 9.59 Å². The van der Waals surface area contributed by atoms with Crippen molar-refractivity contribution in [1.29, 1.82) is 0 Å². The molecule has 0 spiro atoms. The van der Waals surface area contributed by atoms with Crippen molar-refractivity contribution < 1.29 is 9.59 Å². The number of hydrogen-bond donors (Lipinski definition) is 0. The van der Waals surface area contributed by atoms with Crippen LogP contribution in [0.2, 0.25) is 0 Å². The highest BCUT2D eigenvalue weighted by Gasteiger charge is 2.35. The molecule has 0 bridgehead atoms. The van der Waals surface area contributed by atoms with Crippen molar-refractivity contribution in [3.8, 4) is 0 Å². The van der Waals surface area contributed by atoms with Gasteiger partial charge in [-0.15, -0.1) is 0 Å². The van der Waals surface area contributed by atoms with Gasteiger partial charge in [0.2, 0.25) is 11.8 Å². The molecule has 1 atom stereocenters. The second kappa shape index (κ2) is 5.64. The van der Waals surface area contributed by atoms with Crippen molar-refractivity contribution >= 4 is 23.2 Å². The normalized spacial score (nSPS) is 17.1. The van der Waals surface area contributed by atoms with Gasteiger partial charge in [-0.05, 0) is 23.8 Å². The van der Waals surface area contributed by atoms with Crippen LogP contribution in [0.15, 0.2) is 54.6 Å². The summed E-state index contributed by atoms with van der Waals surface area (Å²) in [5.74, 6) is -0.510. The number of carbonyl (C=O) groups excluding carboxylic acids is 2. The summed E-state index contributed by atoms with van der Waals surface area (Å²) in [5.41, 5.74) is 2.56. The summed E-state index contributed by atoms with van der Waals surface area (Å²) in [6.07, 6.45) is 0.212. The molecule has 0 aliphatic carbocycles. The van der Waals surface area contributed by atoms with Gasteiger partial charge in [-0.2, -0.15) is 0 Å². The molecule has 1 heterocycles. The van der Waals surface area contributed by atoms with Crippen molar-refractivity contribution in [2.75, 3.05) is 23.9 Å². The molecule has 2 aromatic carbocycles. The Balaban J connectivity index is 1.96. The van der Waals surface area contributed by atoms with Gasteiger partial charge >= 0.3 is 0 Å². The minimum atomic E-state index is -0.426. The zero-order valence-electron chi connectivity index (χ0n) is 12.7. The van der Waals surface area contributed by atoms with E-state index >= 15 is 0 Å². The lowest BCUT2D eigenvalue weighted by molar-refractivity contribution is -0.125. The summed E-state index contributed by atoms with van der Waals surface area (Å²) < 4.78 is 0. The zero-order valence-corrected chi connectivity index (χ0v) is 12.7. The molecular formula is C18H18N2O2. The van der Waals surface area contributed by atoms with E-state index in [9.17, 15) is 9.59 Å². The number of rotatable bonds is 2. The van der Waals surface area contributed by atoms with Gasteiger partial charge in [-0.25, -0.2) is 0 Å². The van der Waals surface area contributed by atoms with Gasteiger partial charge in [0.1, 0.15) is 0 Å². The fraction of sp³-hybridized carbons (Fsp3) is 0.222. The van der Waals surface area contributed by atoms with Crippen LogP contribution in [0.25, 0.3) is 0 Å². The third-order valence-corrected chi connectivity index (χ3v) is 4.20. The number of benzene rings is 2. The Morgan fingerprint density at radius 2 is 1.73 bits per heavy atom. The van der Waals surface area contributed by atoms with Gasteiger partial charge in [0.05, 0.1) is 5.92 Å². The van der Waals surface area contributed by atoms with Crippen LogP contribution >= 0.6 is 0 Å². The molecule has 1 aliphatic rings. The van der Waals surface area contributed by atoms with Crippen LogP contribution < -0.4 is 9.80 Å². The number of nitrogens with zero attached hydrogens (tertiary/aromatic N) is 2. The van der Waals surface area contributed by atoms with Gasteiger partial charge < -0.3 is 9.80 Å². The summed E-state index contributed by atoms with van der Waals surface area (Å²) in [6.45, 7) is 0. The van der Waals surface area contributed by atoms with Crippen molar-refractivity contribution in [2.24, 2.45) is 0 Å². The SMILES string of the molecule is CN(C(=O)C1CC(=O)N(C)c2ccccc21)c1ccccc1. The molecule has 22 heavy (non-hydrogen) atoms. The maximum atomic E-state index is 12.9. The predicted molar refractivity (Wildman–Crippen MR) is 87.1 cm³/mol. The molecule has 2 amide bonds. The highest BCUT2D eigenvalue weighted by atomic mass is 16.2. The minimum absolute atomic E-state index is 0.0292. The topological polar surface area (TPSA) is 40.6 Å². The Hall–Kier alpha value is -2.62. The molecule has 2 aromatic rings. The van der Waals surface area contributed by atoms with Crippen LogP contribution in [-0.4, -0.2) is 25.9 Å². The summed E-state index contributed by atoms with van der Waals surface area (Å²) in [7, 11) is 3.51. The lowest BCUT2D eigenvalue weighted by Crippen LogP contribution is -2.40. The van der Waals surface area contributed by atoms with E-state index in [1.807, 2.05) is 54.6 Å². The second-order valence-corrected chi connectivity index (χ2v) is 5.50. The first-order valence-electron chi connectivity index (χ1n) is 7.27. The first-order valence-corrected chi connectivity index (χ1v) is 7.27. The van der Waals surface area contributed by atoms with Crippen molar-refractivity contribution in [1.82, 2.24) is 0 Å². The monoisotopic (exact) mass is 294 g/mol. The Bertz CT molecular complexity index is 712. The summed E-state index contributed by atoms with van der Waals surface area (Å²) in [6, 6.07) is 17.1. The van der Waals surface area contributed by atoms with Gasteiger partial charge in [-0.1, -0.05) is 36.4 Å². The largest absolute Gasteiger partial charge is 0.315 e. The van der Waals surface area contributed by atoms with Crippen LogP contribution in [0.4, 0.5) is 11.4 Å². The van der Waals surface area contributed by atoms with Crippen molar-refractivity contribution in [2.45, 2.75) is 12.3 Å². The molecule has 0 saturated carbocycles. The fourth-order valence-electron chi connectivity index (χ4n) is 2.88. The average molecular weight is 294 g/mol. The van der Waals surface area contributed by atoms with Crippen molar-refractivity contribution in [3.63, 3.8) is 0 Å². The van der Waals surface area contributed by atoms with Gasteiger partial charge in [0.25, 0.3) is 0 Å². The molecule has 0 radical (unpaired) electrons. The smallest absolute Gasteiger partial charge is 0.234 e. The third-order valence-electron chi connectivity index (χ3n) is 4.20. The Labute approximate surface area is 130 Å². The minimum Gasteiger partial charge on any atom is -0.315 e. The predicted octanol–water partition coefficient (Wildman–Crippen LogP) is 2.80. The molecule has 0 N–H and O–H groups in total. The molecule has 1 unspecified atom stereocenters. The van der Waals surface area contributed by atoms with E-state index in [2.05, 4.69) is 0 Å². The molecule has 1 aliphatic heterocycles. The summed E-state index contributed by atoms with van der Waals surface area (Å²) in [4.78, 5) is 28.3. The number of hydrogen-bond acceptors (Lipinski definition) is 2. The van der Waals surface area contributed by atoms with Gasteiger partial charge in [0, 0.05) is 31.9 Å². The number of anilines is 2. The lowest BCUT2D eigenvalue weighted by atomic mass is 9.88. The molecular weight excluding hydrogens is 276 g/mol. The van der Waals surface area contributed by atoms with E-state index < -0.39 is 5.92 Å². The summed E-state index contributed by atoms with van der Waals surface area (Å²) >= 11 is 0. The van der Waals surface area contributed by atoms with E-state index in [1.165, 1.54) is 0 Å². The Morgan fingerprint density at radius 1 is 1.09 bits per heavy atom. The highest BCUT2D eigenvalue weighted by Crippen LogP contribution is 2.36. The van der Waals surface area contributed by atoms with E-state index in [1.54, 1.807) is 23.9 Å². The van der Waals surface area contributed by atoms with Gasteiger partial charge in [0.15, 0.2) is 0 Å². The van der Waals surface area contributed by atoms with Crippen molar-refractivity contribution in [3.05, 3.63) is 60.2 Å². The molecule has 112 valence electrons. The Kier molecular flexibility index (Phi) is 3.67. The maximum absolute atomic E-state index is 12.9. The number of carbonyl (C=O) groups is 2. The molecule has 0 saturated heterocycles. The van der Waals surface area contributed by atoms with Crippen LogP contribution in [0.1, 0.15) is 17.9 Å². The van der Waals surface area contributed by atoms with E-state index in [4.69, 9.17) is 0 Å². The quantitative estimate of drug-likeness (QED) is 0.854. The van der Waals surface area contributed by atoms with Crippen LogP contribution in [0.3, 0.4) is 0 Å². The number of para-hydroxylation sites is 2. The number of amides is 2. The zero-order chi connectivity index (χ0) is 15.7. The van der Waals surface area contributed by atoms with E-state index in [0.29, 0.717) is 0 Å². The van der Waals surface area contributed by atoms with E-state index in [0.717, 1.165) is 16.9 Å². The van der Waals surface area contributed by atoms with Crippen LogP contribution in [-0.2, 0) is 9.59 Å². The maximum Gasteiger partial charge on any atom is 0.234 e. The number of likely N-dealkylation sites (N-methyl/N-ethyl adjacent to an activating group) is 1. The van der Waals surface area contributed by atoms with E-state index in [-0.39, 0.29) is 18.2 Å². The molecule has 4 heteroatoms. The fourth-order valence-corrected chi connectivity index (χ4v) is 2.88. The highest BCUT2D eigenvalue weighted by molar-refractivity contribution is 6.06. The lowest BCUT2D eigenvalue weighted by Gasteiger charge is -2.33. The third kappa shape index (κ3) is 2.37. The summed E-state index contributed by atoms with van der Waals surface area (Å²) in [5, 5.41) is 0. The first kappa shape index (κ1) is 14.3. The number of fused-ring (bicyclic) bond motifs is 1. The molecule has 0 aromatic heterocycles. The van der Waals surface area contributed by atoms with Crippen LogP contribution in [0, 0.1) is 0 Å². The second-order valence-electron chi connectivity index (χ2n) is 5.50. The molecule has 3 rings (SSSR count). The average Bonchev–Trinajstić information content (AvgIpc) is 2.57. The first-order chi connectivity index (χ1) is 10.6. The Morgan fingerprint density at radius 3 is 2.45 bits per heavy atom. The molecule has 4 nitrogen and oxygen atoms in total.